The monoisotopic (exact) mass is 448 g/mol. The van der Waals surface area contributed by atoms with Crippen molar-refractivity contribution in [2.75, 3.05) is 0 Å². The molecule has 33 heavy (non-hydrogen) atoms. The first kappa shape index (κ1) is 22.0. The minimum atomic E-state index is 1.02. The summed E-state index contributed by atoms with van der Waals surface area (Å²) in [5.74, 6) is 6.88. The molecule has 5 aromatic rings. The van der Waals surface area contributed by atoms with E-state index in [4.69, 9.17) is 0 Å². The van der Waals surface area contributed by atoms with Crippen LogP contribution in [0.25, 0.3) is 42.4 Å². The van der Waals surface area contributed by atoms with E-state index in [0.717, 1.165) is 6.42 Å². The van der Waals surface area contributed by atoms with Crippen LogP contribution in [0.15, 0.2) is 66.7 Å². The molecular formula is C32H32S. The Labute approximate surface area is 201 Å². The third kappa shape index (κ3) is 4.92. The van der Waals surface area contributed by atoms with Crippen molar-refractivity contribution in [3.05, 3.63) is 71.6 Å². The Morgan fingerprint density at radius 1 is 0.606 bits per heavy atom. The zero-order chi connectivity index (χ0) is 22.5. The summed E-state index contributed by atoms with van der Waals surface area (Å²) in [6.07, 6.45) is 11.9. The van der Waals surface area contributed by atoms with Crippen LogP contribution in [0.3, 0.4) is 0 Å². The van der Waals surface area contributed by atoms with E-state index >= 15 is 0 Å². The van der Waals surface area contributed by atoms with E-state index in [2.05, 4.69) is 85.5 Å². The molecule has 0 aliphatic heterocycles. The van der Waals surface area contributed by atoms with Crippen molar-refractivity contribution in [2.45, 2.75) is 64.7 Å². The normalized spacial score (nSPS) is 11.4. The molecule has 0 bridgehead atoms. The third-order valence-electron chi connectivity index (χ3n) is 6.75. The van der Waals surface area contributed by atoms with E-state index in [9.17, 15) is 0 Å². The summed E-state index contributed by atoms with van der Waals surface area (Å²) in [6.45, 7) is 2.28. The number of thiophene rings is 1. The highest BCUT2D eigenvalue weighted by Gasteiger charge is 2.08. The first-order valence-electron chi connectivity index (χ1n) is 12.6. The Morgan fingerprint density at radius 2 is 1.30 bits per heavy atom. The molecule has 0 aliphatic carbocycles. The molecule has 166 valence electrons. The van der Waals surface area contributed by atoms with Gasteiger partial charge in [-0.3, -0.25) is 0 Å². The van der Waals surface area contributed by atoms with Crippen molar-refractivity contribution in [1.82, 2.24) is 0 Å². The highest BCUT2D eigenvalue weighted by molar-refractivity contribution is 7.19. The van der Waals surface area contributed by atoms with E-state index in [-0.39, 0.29) is 0 Å². The first-order valence-corrected chi connectivity index (χ1v) is 13.4. The summed E-state index contributed by atoms with van der Waals surface area (Å²) in [5, 5.41) is 9.25. The second kappa shape index (κ2) is 10.4. The lowest BCUT2D eigenvalue weighted by molar-refractivity contribution is 0.579. The molecule has 0 atom stereocenters. The molecule has 0 N–H and O–H groups in total. The second-order valence-corrected chi connectivity index (χ2v) is 10.3. The van der Waals surface area contributed by atoms with Crippen LogP contribution in [0.5, 0.6) is 0 Å². The van der Waals surface area contributed by atoms with Crippen LogP contribution in [-0.2, 0) is 0 Å². The predicted octanol–water partition coefficient (Wildman–Crippen LogP) is 10.2. The van der Waals surface area contributed by atoms with E-state index in [1.54, 1.807) is 0 Å². The second-order valence-electron chi connectivity index (χ2n) is 9.20. The summed E-state index contributed by atoms with van der Waals surface area (Å²) in [6, 6.07) is 24.7. The van der Waals surface area contributed by atoms with E-state index in [0.29, 0.717) is 0 Å². The van der Waals surface area contributed by atoms with Crippen molar-refractivity contribution in [3.63, 3.8) is 0 Å². The van der Waals surface area contributed by atoms with Gasteiger partial charge < -0.3 is 0 Å². The molecule has 0 radical (unpaired) electrons. The van der Waals surface area contributed by atoms with Gasteiger partial charge in [0.15, 0.2) is 0 Å². The van der Waals surface area contributed by atoms with Crippen LogP contribution in [0.4, 0.5) is 0 Å². The first-order chi connectivity index (χ1) is 16.3. The molecule has 0 aliphatic rings. The lowest BCUT2D eigenvalue weighted by Gasteiger charge is -2.07. The van der Waals surface area contributed by atoms with Gasteiger partial charge in [0.05, 0.1) is 4.88 Å². The Kier molecular flexibility index (Phi) is 6.94. The molecule has 4 aromatic carbocycles. The molecule has 0 fully saturated rings. The summed E-state index contributed by atoms with van der Waals surface area (Å²) < 4.78 is 1.33. The van der Waals surface area contributed by atoms with Crippen LogP contribution < -0.4 is 0 Å². The third-order valence-corrected chi connectivity index (χ3v) is 7.76. The quantitative estimate of drug-likeness (QED) is 0.0958. The highest BCUT2D eigenvalue weighted by Crippen LogP contribution is 2.36. The maximum absolute atomic E-state index is 3.45. The smallest absolute Gasteiger partial charge is 0.0781 e. The fraction of sp³-hybridized carbons (Fsp3) is 0.312. The number of fused-ring (bicyclic) bond motifs is 6. The van der Waals surface area contributed by atoms with Gasteiger partial charge in [0.25, 0.3) is 0 Å². The summed E-state index contributed by atoms with van der Waals surface area (Å²) in [4.78, 5) is 1.19. The van der Waals surface area contributed by atoms with E-state index in [1.165, 1.54) is 98.6 Å². The molecule has 5 rings (SSSR count). The molecule has 0 nitrogen and oxygen atoms in total. The van der Waals surface area contributed by atoms with Crippen LogP contribution in [0.1, 0.15) is 69.6 Å². The van der Waals surface area contributed by atoms with Gasteiger partial charge in [0, 0.05) is 16.5 Å². The molecule has 0 unspecified atom stereocenters. The Bertz CT molecular complexity index is 1460. The topological polar surface area (TPSA) is 0 Å². The van der Waals surface area contributed by atoms with Gasteiger partial charge in [-0.05, 0) is 63.0 Å². The Morgan fingerprint density at radius 3 is 2.12 bits per heavy atom. The van der Waals surface area contributed by atoms with Crippen molar-refractivity contribution in [1.29, 1.82) is 0 Å². The zero-order valence-corrected chi connectivity index (χ0v) is 20.4. The fourth-order valence-electron chi connectivity index (χ4n) is 4.91. The van der Waals surface area contributed by atoms with Crippen LogP contribution in [-0.4, -0.2) is 0 Å². The van der Waals surface area contributed by atoms with Gasteiger partial charge in [-0.2, -0.15) is 0 Å². The molecule has 0 saturated carbocycles. The minimum Gasteiger partial charge on any atom is -0.127 e. The van der Waals surface area contributed by atoms with E-state index < -0.39 is 0 Å². The number of hydrogen-bond donors (Lipinski definition) is 0. The lowest BCUT2D eigenvalue weighted by atomic mass is 9.97. The summed E-state index contributed by atoms with van der Waals surface area (Å²) in [7, 11) is 0. The van der Waals surface area contributed by atoms with Crippen molar-refractivity contribution in [3.8, 4) is 11.8 Å². The standard InChI is InChI=1S/C32H32S/c1-2-3-4-5-6-7-8-9-10-11-16-27-23-31-29-18-17-26-21-24-14-12-13-15-25(24)22-30(26)28(29)19-20-32(31)33-27/h12-15,17-23H,2-10H2,1H3. The van der Waals surface area contributed by atoms with Crippen LogP contribution in [0.2, 0.25) is 0 Å². The van der Waals surface area contributed by atoms with Gasteiger partial charge in [0.1, 0.15) is 0 Å². The Hall–Kier alpha value is -2.82. The molecule has 0 saturated heterocycles. The van der Waals surface area contributed by atoms with Gasteiger partial charge >= 0.3 is 0 Å². The van der Waals surface area contributed by atoms with Crippen LogP contribution >= 0.6 is 11.3 Å². The predicted molar refractivity (Wildman–Crippen MR) is 148 cm³/mol. The largest absolute Gasteiger partial charge is 0.127 e. The summed E-state index contributed by atoms with van der Waals surface area (Å²) >= 11 is 1.83. The van der Waals surface area contributed by atoms with E-state index in [1.807, 2.05) is 11.3 Å². The fourth-order valence-corrected chi connectivity index (χ4v) is 5.86. The van der Waals surface area contributed by atoms with Gasteiger partial charge in [-0.25, -0.2) is 0 Å². The number of hydrogen-bond acceptors (Lipinski definition) is 1. The van der Waals surface area contributed by atoms with Crippen molar-refractivity contribution < 1.29 is 0 Å². The van der Waals surface area contributed by atoms with Crippen molar-refractivity contribution >= 4 is 53.7 Å². The zero-order valence-electron chi connectivity index (χ0n) is 19.6. The molecule has 1 heterocycles. The minimum absolute atomic E-state index is 1.02. The SMILES string of the molecule is CCCCCCCCCCC#Cc1cc2c(ccc3c4cc5ccccc5cc4ccc23)s1. The lowest BCUT2D eigenvalue weighted by Crippen LogP contribution is -1.80. The highest BCUT2D eigenvalue weighted by atomic mass is 32.1. The van der Waals surface area contributed by atoms with Gasteiger partial charge in [0.2, 0.25) is 0 Å². The molecule has 0 amide bonds. The average molecular weight is 449 g/mol. The average Bonchev–Trinajstić information content (AvgIpc) is 3.27. The number of benzene rings is 4. The molecule has 1 aromatic heterocycles. The molecule has 1 heteroatoms. The molecular weight excluding hydrogens is 416 g/mol. The number of rotatable bonds is 8. The van der Waals surface area contributed by atoms with Crippen LogP contribution in [0, 0.1) is 11.8 Å². The maximum atomic E-state index is 3.45. The summed E-state index contributed by atoms with van der Waals surface area (Å²) in [5.41, 5.74) is 0. The molecule has 0 spiro atoms. The van der Waals surface area contributed by atoms with Gasteiger partial charge in [-0.15, -0.1) is 11.3 Å². The maximum Gasteiger partial charge on any atom is 0.0781 e. The Balaban J connectivity index is 1.32. The van der Waals surface area contributed by atoms with Crippen molar-refractivity contribution in [2.24, 2.45) is 0 Å². The number of unbranched alkanes of at least 4 members (excludes halogenated alkanes) is 8. The van der Waals surface area contributed by atoms with Gasteiger partial charge in [-0.1, -0.05) is 106 Å².